The van der Waals surface area contributed by atoms with Gasteiger partial charge in [0.05, 0.1) is 234 Å². The summed E-state index contributed by atoms with van der Waals surface area (Å²) in [6, 6.07) is 0. The molecular formula is C66H124N6O26. The quantitative estimate of drug-likeness (QED) is 0.0443. The van der Waals surface area contributed by atoms with Gasteiger partial charge in [-0.15, -0.1) is 0 Å². The minimum absolute atomic E-state index is 0.00112. The predicted octanol–water partition coefficient (Wildman–Crippen LogP) is 0.189. The van der Waals surface area contributed by atoms with Gasteiger partial charge in [-0.2, -0.15) is 0 Å². The third-order valence-corrected chi connectivity index (χ3v) is 13.5. The number of carbonyl (C=O) groups is 8. The third kappa shape index (κ3) is 63.6. The molecule has 32 heteroatoms. The normalized spacial score (nSPS) is 12.3. The topological polar surface area (TPSA) is 375 Å². The van der Waals surface area contributed by atoms with Crippen molar-refractivity contribution in [2.45, 2.75) is 87.5 Å². The molecule has 0 aromatic heterocycles. The van der Waals surface area contributed by atoms with Crippen molar-refractivity contribution in [2.75, 3.05) is 277 Å². The first kappa shape index (κ1) is 93.4. The second-order valence-electron chi connectivity index (χ2n) is 23.7. The summed E-state index contributed by atoms with van der Waals surface area (Å²) in [6.45, 7) is 19.4. The van der Waals surface area contributed by atoms with Gasteiger partial charge in [0, 0.05) is 113 Å². The molecule has 6 N–H and O–H groups in total. The molecule has 0 aromatic carbocycles. The summed E-state index contributed by atoms with van der Waals surface area (Å²) in [7, 11) is 0. The van der Waals surface area contributed by atoms with Crippen LogP contribution >= 0.6 is 0 Å². The summed E-state index contributed by atoms with van der Waals surface area (Å²) in [4.78, 5) is 92.2. The number of ketones is 2. The van der Waals surface area contributed by atoms with Crippen LogP contribution in [-0.2, 0) is 124 Å². The fraction of sp³-hybridized carbons (Fsp3) is 0.879. The maximum Gasteiger partial charge on any atom is 0.216 e. The maximum absolute atomic E-state index is 11.6. The second kappa shape index (κ2) is 65.7. The van der Waals surface area contributed by atoms with Gasteiger partial charge in [-0.25, -0.2) is 0 Å². The van der Waals surface area contributed by atoms with Crippen LogP contribution in [0.3, 0.4) is 0 Å². The lowest BCUT2D eigenvalue weighted by molar-refractivity contribution is -0.162. The van der Waals surface area contributed by atoms with Gasteiger partial charge >= 0.3 is 0 Å². The molecule has 0 fully saturated rings. The summed E-state index contributed by atoms with van der Waals surface area (Å²) in [5, 5.41) is 16.3. The number of ether oxygens (including phenoxy) is 18. The molecule has 0 saturated heterocycles. The molecule has 0 aliphatic carbocycles. The Morgan fingerprint density at radius 1 is 0.194 bits per heavy atom. The molecule has 0 heterocycles. The lowest BCUT2D eigenvalue weighted by Gasteiger charge is -2.38. The van der Waals surface area contributed by atoms with Gasteiger partial charge in [-0.05, 0) is 33.1 Å². The maximum atomic E-state index is 11.6. The van der Waals surface area contributed by atoms with Crippen molar-refractivity contribution in [1.29, 1.82) is 0 Å². The molecule has 0 aromatic rings. The Kier molecular flexibility index (Phi) is 62.7. The van der Waals surface area contributed by atoms with Crippen LogP contribution in [0.15, 0.2) is 0 Å². The SMILES string of the molecule is CC(=O)CCCOCCOCC(COCCOCCCNC(C)=O)(COCCOCCNC(C)=O)COCC(COCCOCCNC(C)=O)(COCCOCCNC(C)=O)COCC(COCCOCCCC(C)=O)(COCCOCCNC(C)=O)COCCOCCNC(C)=O. The Morgan fingerprint density at radius 3 is 0.551 bits per heavy atom. The molecule has 32 nitrogen and oxygen atoms in total. The van der Waals surface area contributed by atoms with E-state index in [1.165, 1.54) is 55.4 Å². The summed E-state index contributed by atoms with van der Waals surface area (Å²) in [5.41, 5.74) is -3.10. The lowest BCUT2D eigenvalue weighted by Crippen LogP contribution is -2.48. The van der Waals surface area contributed by atoms with E-state index in [4.69, 9.17) is 85.3 Å². The number of nitrogens with one attached hydrogen (secondary N) is 6. The van der Waals surface area contributed by atoms with Crippen LogP contribution in [0.2, 0.25) is 0 Å². The third-order valence-electron chi connectivity index (χ3n) is 13.5. The van der Waals surface area contributed by atoms with Crippen LogP contribution in [0.25, 0.3) is 0 Å². The van der Waals surface area contributed by atoms with Crippen LogP contribution in [0.1, 0.15) is 87.5 Å². The van der Waals surface area contributed by atoms with Crippen molar-refractivity contribution in [1.82, 2.24) is 31.9 Å². The van der Waals surface area contributed by atoms with Crippen molar-refractivity contribution in [3.8, 4) is 0 Å². The van der Waals surface area contributed by atoms with Gasteiger partial charge in [-0.1, -0.05) is 0 Å². The molecular weight excluding hydrogens is 1290 g/mol. The lowest BCUT2D eigenvalue weighted by atomic mass is 9.89. The van der Waals surface area contributed by atoms with E-state index in [0.29, 0.717) is 91.2 Å². The number of hydrogen-bond acceptors (Lipinski definition) is 26. The summed E-state index contributed by atoms with van der Waals surface area (Å²) in [6.07, 6.45) is 2.54. The highest BCUT2D eigenvalue weighted by atomic mass is 16.6. The van der Waals surface area contributed by atoms with Gasteiger partial charge in [0.1, 0.15) is 11.6 Å². The van der Waals surface area contributed by atoms with Crippen LogP contribution in [0, 0.1) is 16.2 Å². The largest absolute Gasteiger partial charge is 0.380 e. The van der Waals surface area contributed by atoms with Gasteiger partial charge < -0.3 is 127 Å². The standard InChI is InChI=1S/C66H124N6O26/c1-56(73)12-9-20-81-28-36-89-44-64(47-92-39-31-84-23-15-68-59(4)76,46-91-38-30-83-22-11-14-67-58(3)75)52-97-54-66(50-95-42-34-87-26-18-71-62(7)79,51-96-43-35-88-27-19-72-63(8)80)55-98-53-65(45-90-37-29-82-21-10-13-57(2)74,48-93-40-32-85-24-16-69-60(5)77)49-94-41-33-86-25-17-70-61(6)78/h9-55H2,1-8H3,(H,67,75)(H,68,76)(H,69,77)(H,70,78)(H,71,79)(H,72,80). The Bertz CT molecular complexity index is 1880. The van der Waals surface area contributed by atoms with Crippen molar-refractivity contribution in [2.24, 2.45) is 16.2 Å². The molecule has 0 spiro atoms. The number of amides is 6. The smallest absolute Gasteiger partial charge is 0.216 e. The van der Waals surface area contributed by atoms with Crippen LogP contribution in [0.4, 0.5) is 0 Å². The zero-order valence-corrected chi connectivity index (χ0v) is 60.3. The zero-order chi connectivity index (χ0) is 72.3. The fourth-order valence-electron chi connectivity index (χ4n) is 8.57. The highest BCUT2D eigenvalue weighted by Gasteiger charge is 2.39. The van der Waals surface area contributed by atoms with Crippen molar-refractivity contribution >= 4 is 47.0 Å². The minimum atomic E-state index is -1.10. The Labute approximate surface area is 581 Å². The van der Waals surface area contributed by atoms with Gasteiger partial charge in [0.2, 0.25) is 35.4 Å². The first-order valence-electron chi connectivity index (χ1n) is 34.1. The summed E-state index contributed by atoms with van der Waals surface area (Å²) >= 11 is 0. The molecule has 98 heavy (non-hydrogen) atoms. The highest BCUT2D eigenvalue weighted by molar-refractivity contribution is 5.76. The van der Waals surface area contributed by atoms with Gasteiger partial charge in [0.15, 0.2) is 0 Å². The summed E-state index contributed by atoms with van der Waals surface area (Å²) in [5.74, 6) is -0.898. The zero-order valence-electron chi connectivity index (χ0n) is 60.3. The Balaban J connectivity index is 7.61. The van der Waals surface area contributed by atoms with E-state index in [9.17, 15) is 38.4 Å². The van der Waals surface area contributed by atoms with Crippen LogP contribution < -0.4 is 31.9 Å². The van der Waals surface area contributed by atoms with Crippen molar-refractivity contribution in [3.63, 3.8) is 0 Å². The van der Waals surface area contributed by atoms with E-state index in [2.05, 4.69) is 31.9 Å². The number of Topliss-reactive ketones (excluding diaryl/α,β-unsaturated/α-hetero) is 2. The van der Waals surface area contributed by atoms with Crippen LogP contribution in [0.5, 0.6) is 0 Å². The van der Waals surface area contributed by atoms with Crippen molar-refractivity contribution in [3.05, 3.63) is 0 Å². The van der Waals surface area contributed by atoms with Crippen LogP contribution in [-0.4, -0.2) is 324 Å². The van der Waals surface area contributed by atoms with Gasteiger partial charge in [-0.3, -0.25) is 28.8 Å². The first-order valence-corrected chi connectivity index (χ1v) is 34.1. The van der Waals surface area contributed by atoms with Crippen molar-refractivity contribution < 1.29 is 124 Å². The molecule has 1 atom stereocenters. The summed E-state index contributed by atoms with van der Waals surface area (Å²) < 4.78 is 111. The fourth-order valence-corrected chi connectivity index (χ4v) is 8.57. The van der Waals surface area contributed by atoms with E-state index in [1.54, 1.807) is 0 Å². The van der Waals surface area contributed by atoms with E-state index >= 15 is 0 Å². The van der Waals surface area contributed by atoms with E-state index in [-0.39, 0.29) is 265 Å². The number of hydrogen-bond donors (Lipinski definition) is 6. The Hall–Kier alpha value is -4.56. The molecule has 0 radical (unpaired) electrons. The molecule has 0 saturated carbocycles. The average Bonchev–Trinajstić information content (AvgIpc) is 0.857. The second-order valence-corrected chi connectivity index (χ2v) is 23.7. The molecule has 0 rings (SSSR count). The van der Waals surface area contributed by atoms with E-state index < -0.39 is 16.2 Å². The molecule has 1 unspecified atom stereocenters. The minimum Gasteiger partial charge on any atom is -0.380 e. The van der Waals surface area contributed by atoms with E-state index in [1.807, 2.05) is 0 Å². The highest BCUT2D eigenvalue weighted by Crippen LogP contribution is 2.28. The predicted molar refractivity (Wildman–Crippen MR) is 359 cm³/mol. The molecule has 574 valence electrons. The average molecular weight is 1420 g/mol. The molecule has 0 bridgehead atoms. The Morgan fingerprint density at radius 2 is 0.357 bits per heavy atom. The van der Waals surface area contributed by atoms with E-state index in [0.717, 1.165) is 0 Å². The molecule has 0 aliphatic rings. The number of carbonyl (C=O) groups excluding carboxylic acids is 8. The first-order chi connectivity index (χ1) is 47.2. The monoisotopic (exact) mass is 1420 g/mol. The molecule has 6 amide bonds. The molecule has 0 aliphatic heterocycles. The van der Waals surface area contributed by atoms with Gasteiger partial charge in [0.25, 0.3) is 0 Å². The number of rotatable bonds is 75.